The van der Waals surface area contributed by atoms with E-state index >= 15 is 0 Å². The largest absolute Gasteiger partial charge is 0.444 e. The minimum absolute atomic E-state index is 0.247. The number of carbonyl (C=O) groups is 3. The summed E-state index contributed by atoms with van der Waals surface area (Å²) in [6.07, 6.45) is 4.08. The van der Waals surface area contributed by atoms with E-state index in [0.29, 0.717) is 29.4 Å². The van der Waals surface area contributed by atoms with Crippen LogP contribution in [0, 0.1) is 12.8 Å². The van der Waals surface area contributed by atoms with E-state index in [0.717, 1.165) is 18.4 Å². The molecule has 10 heteroatoms. The Morgan fingerprint density at radius 2 is 1.85 bits per heavy atom. The number of nitrogen functional groups attached to an aromatic ring is 1. The van der Waals surface area contributed by atoms with Crippen molar-refractivity contribution in [2.75, 3.05) is 22.9 Å². The van der Waals surface area contributed by atoms with Crippen LogP contribution in [0.1, 0.15) is 57.7 Å². The number of pyridine rings is 2. The highest BCUT2D eigenvalue weighted by Crippen LogP contribution is 2.33. The molecule has 1 fully saturated rings. The molecule has 182 valence electrons. The van der Waals surface area contributed by atoms with Gasteiger partial charge in [0.2, 0.25) is 0 Å². The fourth-order valence-corrected chi connectivity index (χ4v) is 3.83. The molecule has 2 aromatic rings. The molecule has 10 nitrogen and oxygen atoms in total. The minimum Gasteiger partial charge on any atom is -0.444 e. The number of hydrogen-bond donors (Lipinski definition) is 3. The van der Waals surface area contributed by atoms with Crippen LogP contribution < -0.4 is 16.4 Å². The van der Waals surface area contributed by atoms with Crippen LogP contribution in [0.15, 0.2) is 30.6 Å². The summed E-state index contributed by atoms with van der Waals surface area (Å²) in [5.74, 6) is -0.397. The van der Waals surface area contributed by atoms with E-state index in [4.69, 9.17) is 10.5 Å². The van der Waals surface area contributed by atoms with Crippen LogP contribution in [0.25, 0.3) is 0 Å². The van der Waals surface area contributed by atoms with Crippen molar-refractivity contribution in [2.24, 2.45) is 5.92 Å². The number of aryl methyl sites for hydroxylation is 1. The van der Waals surface area contributed by atoms with Crippen molar-refractivity contribution in [3.8, 4) is 0 Å². The van der Waals surface area contributed by atoms with E-state index in [1.54, 1.807) is 50.9 Å². The molecule has 34 heavy (non-hydrogen) atoms. The number of ether oxygens (including phenoxy) is 1. The zero-order valence-corrected chi connectivity index (χ0v) is 20.2. The van der Waals surface area contributed by atoms with Crippen molar-refractivity contribution in [3.63, 3.8) is 0 Å². The molecule has 2 aromatic heterocycles. The molecule has 0 aromatic carbocycles. The Kier molecular flexibility index (Phi) is 7.38. The Morgan fingerprint density at radius 3 is 2.47 bits per heavy atom. The van der Waals surface area contributed by atoms with E-state index < -0.39 is 23.5 Å². The SMILES string of the molecule is Cc1cc(NC(=O)C(=O)N2CC(C)CCC2c2ccc(N)nc2)cnc1NC(=O)OC(C)(C)C. The van der Waals surface area contributed by atoms with Crippen LogP contribution in [0.2, 0.25) is 0 Å². The number of carbonyl (C=O) groups excluding carboxylic acids is 3. The first kappa shape index (κ1) is 24.9. The topological polar surface area (TPSA) is 140 Å². The zero-order chi connectivity index (χ0) is 25.0. The van der Waals surface area contributed by atoms with Gasteiger partial charge in [0, 0.05) is 12.7 Å². The summed E-state index contributed by atoms with van der Waals surface area (Å²) in [7, 11) is 0. The Bertz CT molecular complexity index is 1060. The van der Waals surface area contributed by atoms with Gasteiger partial charge in [-0.05, 0) is 69.7 Å². The lowest BCUT2D eigenvalue weighted by Crippen LogP contribution is -2.46. The Labute approximate surface area is 199 Å². The second kappa shape index (κ2) is 10.1. The number of nitrogens with zero attached hydrogens (tertiary/aromatic N) is 3. The van der Waals surface area contributed by atoms with Gasteiger partial charge >= 0.3 is 17.9 Å². The molecule has 3 amide bonds. The van der Waals surface area contributed by atoms with Gasteiger partial charge in [0.15, 0.2) is 0 Å². The average Bonchev–Trinajstić information content (AvgIpc) is 2.74. The molecular weight excluding hydrogens is 436 g/mol. The molecule has 0 aliphatic carbocycles. The lowest BCUT2D eigenvalue weighted by atomic mass is 9.90. The summed E-state index contributed by atoms with van der Waals surface area (Å²) in [4.78, 5) is 47.8. The van der Waals surface area contributed by atoms with Gasteiger partial charge in [0.05, 0.1) is 17.9 Å². The summed E-state index contributed by atoms with van der Waals surface area (Å²) in [5, 5.41) is 5.20. The summed E-state index contributed by atoms with van der Waals surface area (Å²) in [6, 6.07) is 4.91. The van der Waals surface area contributed by atoms with Gasteiger partial charge in [-0.1, -0.05) is 13.0 Å². The second-order valence-electron chi connectivity index (χ2n) is 9.64. The predicted molar refractivity (Wildman–Crippen MR) is 129 cm³/mol. The van der Waals surface area contributed by atoms with Crippen LogP contribution >= 0.6 is 0 Å². The molecule has 1 aliphatic rings. The number of hydrogen-bond acceptors (Lipinski definition) is 7. The normalized spacial score (nSPS) is 18.2. The molecule has 1 aliphatic heterocycles. The number of nitrogens with two attached hydrogens (primary N) is 1. The maximum absolute atomic E-state index is 13.1. The second-order valence-corrected chi connectivity index (χ2v) is 9.64. The van der Waals surface area contributed by atoms with Crippen LogP contribution in [0.3, 0.4) is 0 Å². The Morgan fingerprint density at radius 1 is 1.12 bits per heavy atom. The van der Waals surface area contributed by atoms with Gasteiger partial charge in [-0.3, -0.25) is 14.9 Å². The van der Waals surface area contributed by atoms with Crippen molar-refractivity contribution < 1.29 is 19.1 Å². The zero-order valence-electron chi connectivity index (χ0n) is 20.2. The Balaban J connectivity index is 1.70. The fourth-order valence-electron chi connectivity index (χ4n) is 3.83. The number of aromatic nitrogens is 2. The molecule has 3 heterocycles. The third-order valence-corrected chi connectivity index (χ3v) is 5.42. The molecule has 1 saturated heterocycles. The quantitative estimate of drug-likeness (QED) is 0.584. The maximum atomic E-state index is 13.1. The first-order valence-electron chi connectivity index (χ1n) is 11.2. The number of likely N-dealkylation sites (tertiary alicyclic amines) is 1. The Hall–Kier alpha value is -3.69. The van der Waals surface area contributed by atoms with Crippen LogP contribution in [0.5, 0.6) is 0 Å². The third kappa shape index (κ3) is 6.43. The van der Waals surface area contributed by atoms with E-state index in [1.165, 1.54) is 6.20 Å². The first-order valence-corrected chi connectivity index (χ1v) is 11.2. The summed E-state index contributed by atoms with van der Waals surface area (Å²) in [5.41, 5.74) is 6.85. The highest BCUT2D eigenvalue weighted by molar-refractivity contribution is 6.39. The first-order chi connectivity index (χ1) is 15.9. The number of nitrogens with one attached hydrogen (secondary N) is 2. The van der Waals surface area contributed by atoms with E-state index in [9.17, 15) is 14.4 Å². The van der Waals surface area contributed by atoms with Gasteiger partial charge < -0.3 is 20.7 Å². The number of rotatable bonds is 3. The molecule has 3 rings (SSSR count). The molecule has 0 bridgehead atoms. The lowest BCUT2D eigenvalue weighted by molar-refractivity contribution is -0.146. The van der Waals surface area contributed by atoms with Gasteiger partial charge in [0.25, 0.3) is 0 Å². The van der Waals surface area contributed by atoms with Gasteiger partial charge in [-0.2, -0.15) is 0 Å². The molecule has 2 unspecified atom stereocenters. The standard InChI is InChI=1S/C24H32N6O4/c1-14-6-8-18(16-7-9-19(25)26-11-16)30(13-14)22(32)21(31)28-17-10-15(2)20(27-12-17)29-23(33)34-24(3,4)5/h7,9-12,14,18H,6,8,13H2,1-5H3,(H2,25,26)(H,28,31)(H,27,29,33). The third-order valence-electron chi connectivity index (χ3n) is 5.42. The lowest BCUT2D eigenvalue weighted by Gasteiger charge is -2.38. The predicted octanol–water partition coefficient (Wildman–Crippen LogP) is 3.65. The van der Waals surface area contributed by atoms with Crippen LogP contribution in [0.4, 0.5) is 22.1 Å². The highest BCUT2D eigenvalue weighted by Gasteiger charge is 2.34. The summed E-state index contributed by atoms with van der Waals surface area (Å²) < 4.78 is 5.23. The van der Waals surface area contributed by atoms with Crippen molar-refractivity contribution in [1.29, 1.82) is 0 Å². The van der Waals surface area contributed by atoms with Crippen LogP contribution in [-0.2, 0) is 14.3 Å². The minimum atomic E-state index is -0.753. The monoisotopic (exact) mass is 468 g/mol. The average molecular weight is 469 g/mol. The number of anilines is 3. The number of amides is 3. The van der Waals surface area contributed by atoms with Crippen molar-refractivity contribution >= 4 is 35.2 Å². The molecule has 0 radical (unpaired) electrons. The maximum Gasteiger partial charge on any atom is 0.413 e. The van der Waals surface area contributed by atoms with Gasteiger partial charge in [-0.25, -0.2) is 14.8 Å². The van der Waals surface area contributed by atoms with Crippen molar-refractivity contribution in [1.82, 2.24) is 14.9 Å². The molecule has 2 atom stereocenters. The van der Waals surface area contributed by atoms with Gasteiger partial charge in [-0.15, -0.1) is 0 Å². The molecule has 0 spiro atoms. The van der Waals surface area contributed by atoms with E-state index in [1.807, 2.05) is 6.07 Å². The molecule has 4 N–H and O–H groups in total. The fraction of sp³-hybridized carbons (Fsp3) is 0.458. The van der Waals surface area contributed by atoms with E-state index in [2.05, 4.69) is 27.5 Å². The number of piperidine rings is 1. The van der Waals surface area contributed by atoms with E-state index in [-0.39, 0.29) is 12.0 Å². The smallest absolute Gasteiger partial charge is 0.413 e. The highest BCUT2D eigenvalue weighted by atomic mass is 16.6. The molecular formula is C24H32N6O4. The van der Waals surface area contributed by atoms with Crippen LogP contribution in [-0.4, -0.2) is 44.9 Å². The van der Waals surface area contributed by atoms with Crippen molar-refractivity contribution in [3.05, 3.63) is 41.7 Å². The summed E-state index contributed by atoms with van der Waals surface area (Å²) >= 11 is 0. The summed E-state index contributed by atoms with van der Waals surface area (Å²) in [6.45, 7) is 9.55. The van der Waals surface area contributed by atoms with Crippen molar-refractivity contribution in [2.45, 2.75) is 59.1 Å². The van der Waals surface area contributed by atoms with Gasteiger partial charge in [0.1, 0.15) is 17.2 Å². The molecule has 0 saturated carbocycles.